The molecule has 0 bridgehead atoms. The van der Waals surface area contributed by atoms with Crippen LogP contribution in [0.4, 0.5) is 11.8 Å². The summed E-state index contributed by atoms with van der Waals surface area (Å²) >= 11 is 0. The monoisotopic (exact) mass is 483 g/mol. The maximum absolute atomic E-state index is 6.00. The molecule has 2 aromatic heterocycles. The van der Waals surface area contributed by atoms with Crippen molar-refractivity contribution in [1.82, 2.24) is 15.3 Å². The number of nitrogens with one attached hydrogen (secondary N) is 2. The van der Waals surface area contributed by atoms with E-state index in [4.69, 9.17) is 14.4 Å². The SMILES string of the molecule is Cc1oc(-c2ccccc2)cc1CNCC1CCC(CNc2nc(N(C)C)c3ccccc3n2)CC1. The van der Waals surface area contributed by atoms with E-state index in [1.54, 1.807) is 0 Å². The second kappa shape index (κ2) is 11.1. The lowest BCUT2D eigenvalue weighted by Crippen LogP contribution is -2.28. The van der Waals surface area contributed by atoms with Crippen molar-refractivity contribution in [2.24, 2.45) is 11.8 Å². The van der Waals surface area contributed by atoms with Crippen LogP contribution >= 0.6 is 0 Å². The van der Waals surface area contributed by atoms with Crippen molar-refractivity contribution in [2.45, 2.75) is 39.2 Å². The van der Waals surface area contributed by atoms with Gasteiger partial charge in [-0.2, -0.15) is 4.98 Å². The van der Waals surface area contributed by atoms with Crippen LogP contribution in [0.3, 0.4) is 0 Å². The molecule has 1 fully saturated rings. The van der Waals surface area contributed by atoms with E-state index in [1.807, 2.05) is 44.4 Å². The third kappa shape index (κ3) is 5.71. The zero-order valence-corrected chi connectivity index (χ0v) is 21.6. The van der Waals surface area contributed by atoms with E-state index in [9.17, 15) is 0 Å². The molecule has 6 heteroatoms. The smallest absolute Gasteiger partial charge is 0.225 e. The van der Waals surface area contributed by atoms with Gasteiger partial charge < -0.3 is 20.0 Å². The van der Waals surface area contributed by atoms with Crippen molar-refractivity contribution < 1.29 is 4.42 Å². The molecule has 0 aliphatic heterocycles. The predicted octanol–water partition coefficient (Wildman–Crippen LogP) is 6.27. The quantitative estimate of drug-likeness (QED) is 0.292. The van der Waals surface area contributed by atoms with Gasteiger partial charge >= 0.3 is 0 Å². The van der Waals surface area contributed by atoms with Gasteiger partial charge in [-0.05, 0) is 69.2 Å². The zero-order chi connectivity index (χ0) is 24.9. The van der Waals surface area contributed by atoms with Gasteiger partial charge in [0.05, 0.1) is 5.52 Å². The fraction of sp³-hybridized carbons (Fsp3) is 0.400. The number of nitrogens with zero attached hydrogens (tertiary/aromatic N) is 3. The summed E-state index contributed by atoms with van der Waals surface area (Å²) in [5.74, 6) is 5.05. The molecule has 0 spiro atoms. The number of anilines is 2. The van der Waals surface area contributed by atoms with Crippen LogP contribution in [-0.2, 0) is 6.54 Å². The Labute approximate surface area is 214 Å². The van der Waals surface area contributed by atoms with Gasteiger partial charge in [0.15, 0.2) is 0 Å². The summed E-state index contributed by atoms with van der Waals surface area (Å²) in [4.78, 5) is 11.6. The minimum absolute atomic E-state index is 0.670. The number of rotatable bonds is 9. The topological polar surface area (TPSA) is 66.2 Å². The third-order valence-corrected chi connectivity index (χ3v) is 7.35. The lowest BCUT2D eigenvalue weighted by atomic mass is 9.82. The molecular weight excluding hydrogens is 446 g/mol. The van der Waals surface area contributed by atoms with Crippen molar-refractivity contribution in [2.75, 3.05) is 37.4 Å². The minimum atomic E-state index is 0.670. The van der Waals surface area contributed by atoms with Gasteiger partial charge in [0.25, 0.3) is 0 Å². The summed E-state index contributed by atoms with van der Waals surface area (Å²) < 4.78 is 6.00. The largest absolute Gasteiger partial charge is 0.461 e. The maximum Gasteiger partial charge on any atom is 0.225 e. The average Bonchev–Trinajstić information content (AvgIpc) is 3.28. The van der Waals surface area contributed by atoms with Crippen molar-refractivity contribution in [3.05, 3.63) is 72.0 Å². The molecular formula is C30H37N5O. The molecule has 1 aliphatic rings. The van der Waals surface area contributed by atoms with Crippen LogP contribution in [0.5, 0.6) is 0 Å². The van der Waals surface area contributed by atoms with Gasteiger partial charge in [-0.25, -0.2) is 4.98 Å². The van der Waals surface area contributed by atoms with E-state index < -0.39 is 0 Å². The fourth-order valence-electron chi connectivity index (χ4n) is 5.21. The van der Waals surface area contributed by atoms with Crippen LogP contribution in [0, 0.1) is 18.8 Å². The van der Waals surface area contributed by atoms with Gasteiger partial charge in [0.2, 0.25) is 5.95 Å². The van der Waals surface area contributed by atoms with Crippen LogP contribution in [0.15, 0.2) is 65.1 Å². The highest BCUT2D eigenvalue weighted by atomic mass is 16.3. The Morgan fingerprint density at radius 3 is 2.33 bits per heavy atom. The number of aryl methyl sites for hydroxylation is 1. The van der Waals surface area contributed by atoms with Gasteiger partial charge in [-0.15, -0.1) is 0 Å². The summed E-state index contributed by atoms with van der Waals surface area (Å²) in [6.45, 7) is 4.91. The summed E-state index contributed by atoms with van der Waals surface area (Å²) in [7, 11) is 4.06. The average molecular weight is 484 g/mol. The van der Waals surface area contributed by atoms with E-state index >= 15 is 0 Å². The van der Waals surface area contributed by atoms with Crippen molar-refractivity contribution >= 4 is 22.7 Å². The number of hydrogen-bond acceptors (Lipinski definition) is 6. The van der Waals surface area contributed by atoms with Crippen LogP contribution in [0.2, 0.25) is 0 Å². The van der Waals surface area contributed by atoms with E-state index in [-0.39, 0.29) is 0 Å². The Morgan fingerprint density at radius 1 is 0.889 bits per heavy atom. The molecule has 4 aromatic rings. The molecule has 0 radical (unpaired) electrons. The number of hydrogen-bond donors (Lipinski definition) is 2. The molecule has 2 heterocycles. The number of para-hydroxylation sites is 1. The van der Waals surface area contributed by atoms with E-state index in [0.717, 1.165) is 65.3 Å². The molecule has 2 aromatic carbocycles. The summed E-state index contributed by atoms with van der Waals surface area (Å²) in [6.07, 6.45) is 5.02. The first-order valence-electron chi connectivity index (χ1n) is 13.1. The molecule has 6 nitrogen and oxygen atoms in total. The van der Waals surface area contributed by atoms with E-state index in [2.05, 4.69) is 52.8 Å². The number of fused-ring (bicyclic) bond motifs is 1. The lowest BCUT2D eigenvalue weighted by Gasteiger charge is -2.29. The summed E-state index contributed by atoms with van der Waals surface area (Å²) in [5, 5.41) is 8.30. The normalized spacial score (nSPS) is 17.9. The van der Waals surface area contributed by atoms with Gasteiger partial charge in [-0.3, -0.25) is 0 Å². The molecule has 0 unspecified atom stereocenters. The molecule has 0 saturated heterocycles. The van der Waals surface area contributed by atoms with Crippen LogP contribution in [0.1, 0.15) is 37.0 Å². The van der Waals surface area contributed by atoms with Crippen molar-refractivity contribution in [3.63, 3.8) is 0 Å². The molecule has 5 rings (SSSR count). The molecule has 1 aliphatic carbocycles. The van der Waals surface area contributed by atoms with Crippen molar-refractivity contribution in [3.8, 4) is 11.3 Å². The van der Waals surface area contributed by atoms with Gasteiger partial charge in [0, 0.05) is 43.7 Å². The predicted molar refractivity (Wildman–Crippen MR) is 148 cm³/mol. The summed E-state index contributed by atoms with van der Waals surface area (Å²) in [6, 6.07) is 20.7. The Balaban J connectivity index is 1.08. The molecule has 0 atom stereocenters. The molecule has 1 saturated carbocycles. The number of benzene rings is 2. The number of furan rings is 1. The van der Waals surface area contributed by atoms with Gasteiger partial charge in [-0.1, -0.05) is 42.5 Å². The van der Waals surface area contributed by atoms with Gasteiger partial charge in [0.1, 0.15) is 17.3 Å². The zero-order valence-electron chi connectivity index (χ0n) is 21.6. The third-order valence-electron chi connectivity index (χ3n) is 7.35. The molecule has 188 valence electrons. The second-order valence-electron chi connectivity index (χ2n) is 10.2. The number of aromatic nitrogens is 2. The standard InChI is InChI=1S/C30H37N5O/c1-21-25(17-28(36-21)24-9-5-4-6-10-24)20-31-18-22-13-15-23(16-14-22)19-32-30-33-27-12-8-7-11-26(27)29(34-30)35(2)3/h4-12,17,22-23,31H,13-16,18-20H2,1-3H3,(H,32,33,34). The van der Waals surface area contributed by atoms with Crippen LogP contribution in [-0.4, -0.2) is 37.2 Å². The summed E-state index contributed by atoms with van der Waals surface area (Å²) in [5.41, 5.74) is 3.36. The lowest BCUT2D eigenvalue weighted by molar-refractivity contribution is 0.275. The Bertz CT molecular complexity index is 1280. The molecule has 0 amide bonds. The highest BCUT2D eigenvalue weighted by Gasteiger charge is 2.21. The minimum Gasteiger partial charge on any atom is -0.461 e. The van der Waals surface area contributed by atoms with E-state index in [0.29, 0.717) is 5.92 Å². The first kappa shape index (κ1) is 24.3. The Kier molecular flexibility index (Phi) is 7.52. The maximum atomic E-state index is 6.00. The highest BCUT2D eigenvalue weighted by molar-refractivity contribution is 5.90. The van der Waals surface area contributed by atoms with Crippen LogP contribution in [0.25, 0.3) is 22.2 Å². The Hall–Kier alpha value is -3.38. The van der Waals surface area contributed by atoms with Crippen LogP contribution < -0.4 is 15.5 Å². The second-order valence-corrected chi connectivity index (χ2v) is 10.2. The first-order chi connectivity index (χ1) is 17.6. The van der Waals surface area contributed by atoms with E-state index in [1.165, 1.54) is 31.2 Å². The first-order valence-corrected chi connectivity index (χ1v) is 13.1. The molecule has 36 heavy (non-hydrogen) atoms. The van der Waals surface area contributed by atoms with Crippen molar-refractivity contribution in [1.29, 1.82) is 0 Å². The molecule has 2 N–H and O–H groups in total. The Morgan fingerprint density at radius 2 is 1.58 bits per heavy atom. The highest BCUT2D eigenvalue weighted by Crippen LogP contribution is 2.30. The fourth-order valence-corrected chi connectivity index (χ4v) is 5.21.